The quantitative estimate of drug-likeness (QED) is 0.297. The van der Waals surface area contributed by atoms with Gasteiger partial charge in [0.2, 0.25) is 0 Å². The molecule has 0 saturated carbocycles. The number of hydrogen-bond acceptors (Lipinski definition) is 6. The van der Waals surface area contributed by atoms with Crippen molar-refractivity contribution in [3.63, 3.8) is 0 Å². The van der Waals surface area contributed by atoms with Crippen molar-refractivity contribution in [2.45, 2.75) is 26.2 Å². The molecule has 2 heterocycles. The Morgan fingerprint density at radius 2 is 1.88 bits per heavy atom. The Labute approximate surface area is 184 Å². The number of nitrogens with one attached hydrogen (secondary N) is 3. The van der Waals surface area contributed by atoms with Crippen LogP contribution in [-0.2, 0) is 5.41 Å². The molecular weight excluding hydrogens is 408 g/mol. The minimum atomic E-state index is -0.432. The van der Waals surface area contributed by atoms with Crippen LogP contribution < -0.4 is 10.6 Å². The zero-order valence-electron chi connectivity index (χ0n) is 17.8. The van der Waals surface area contributed by atoms with Crippen molar-refractivity contribution in [3.05, 3.63) is 82.2 Å². The molecule has 3 N–H and O–H groups in total. The van der Waals surface area contributed by atoms with E-state index in [0.29, 0.717) is 22.6 Å². The van der Waals surface area contributed by atoms with Crippen molar-refractivity contribution < 1.29 is 9.72 Å². The van der Waals surface area contributed by atoms with E-state index in [1.165, 1.54) is 6.07 Å². The predicted molar refractivity (Wildman–Crippen MR) is 123 cm³/mol. The molecule has 0 aliphatic heterocycles. The summed E-state index contributed by atoms with van der Waals surface area (Å²) in [7, 11) is 0. The fourth-order valence-corrected chi connectivity index (χ4v) is 3.43. The fraction of sp³-hybridized carbons (Fsp3) is 0.174. The highest BCUT2D eigenvalue weighted by Gasteiger charge is 2.25. The van der Waals surface area contributed by atoms with E-state index in [1.54, 1.807) is 36.7 Å². The van der Waals surface area contributed by atoms with Crippen molar-refractivity contribution >= 4 is 39.7 Å². The van der Waals surface area contributed by atoms with Gasteiger partial charge in [-0.15, -0.1) is 0 Å². The van der Waals surface area contributed by atoms with Gasteiger partial charge in [0.15, 0.2) is 0 Å². The first-order valence-corrected chi connectivity index (χ1v) is 9.98. The number of aromatic amines is 1. The van der Waals surface area contributed by atoms with Crippen LogP contribution in [0.5, 0.6) is 0 Å². The molecule has 0 spiro atoms. The highest BCUT2D eigenvalue weighted by Crippen LogP contribution is 2.33. The third kappa shape index (κ3) is 4.27. The normalized spacial score (nSPS) is 11.3. The molecule has 4 aromatic rings. The van der Waals surface area contributed by atoms with E-state index in [2.05, 4.69) is 25.8 Å². The Hall–Kier alpha value is -4.27. The molecule has 0 unspecified atom stereocenters. The van der Waals surface area contributed by atoms with Gasteiger partial charge in [-0.05, 0) is 47.9 Å². The van der Waals surface area contributed by atoms with Crippen LogP contribution in [0.1, 0.15) is 36.7 Å². The summed E-state index contributed by atoms with van der Waals surface area (Å²) in [5.41, 5.74) is 2.39. The Morgan fingerprint density at radius 3 is 2.62 bits per heavy atom. The fourth-order valence-electron chi connectivity index (χ4n) is 3.43. The van der Waals surface area contributed by atoms with Crippen molar-refractivity contribution in [2.24, 2.45) is 0 Å². The molecule has 4 rings (SSSR count). The van der Waals surface area contributed by atoms with E-state index in [1.807, 2.05) is 39.0 Å². The third-order valence-corrected chi connectivity index (χ3v) is 5.02. The molecule has 9 heteroatoms. The van der Waals surface area contributed by atoms with Gasteiger partial charge in [0.05, 0.1) is 22.2 Å². The largest absolute Gasteiger partial charge is 0.340 e. The summed E-state index contributed by atoms with van der Waals surface area (Å²) in [5, 5.41) is 25.3. The number of H-pyrrole nitrogens is 1. The summed E-state index contributed by atoms with van der Waals surface area (Å²) in [4.78, 5) is 28.4. The molecule has 2 aromatic carbocycles. The minimum absolute atomic E-state index is 0.0345. The smallest absolute Gasteiger partial charge is 0.275 e. The van der Waals surface area contributed by atoms with Crippen molar-refractivity contribution in [1.29, 1.82) is 0 Å². The van der Waals surface area contributed by atoms with E-state index in [9.17, 15) is 14.9 Å². The molecule has 0 atom stereocenters. The lowest BCUT2D eigenvalue weighted by atomic mass is 9.85. The van der Waals surface area contributed by atoms with Crippen molar-refractivity contribution in [1.82, 2.24) is 15.2 Å². The summed E-state index contributed by atoms with van der Waals surface area (Å²) in [6, 6.07) is 13.7. The van der Waals surface area contributed by atoms with Gasteiger partial charge in [-0.3, -0.25) is 20.0 Å². The Balaban J connectivity index is 1.60. The molecule has 0 fully saturated rings. The SMILES string of the molecule is CC(C)(C)c1ccc(NC(=O)c2cccnc2Nc2ccc3cn[nH]c3c2)cc1[N+](=O)[O-]. The first-order valence-electron chi connectivity index (χ1n) is 9.98. The molecule has 9 nitrogen and oxygen atoms in total. The summed E-state index contributed by atoms with van der Waals surface area (Å²) in [5.74, 6) is -0.0642. The summed E-state index contributed by atoms with van der Waals surface area (Å²) in [6.45, 7) is 5.71. The highest BCUT2D eigenvalue weighted by atomic mass is 16.6. The number of amides is 1. The topological polar surface area (TPSA) is 126 Å². The van der Waals surface area contributed by atoms with Crippen LogP contribution in [0.25, 0.3) is 10.9 Å². The number of aromatic nitrogens is 3. The summed E-state index contributed by atoms with van der Waals surface area (Å²) >= 11 is 0. The number of rotatable bonds is 5. The molecule has 1 amide bonds. The van der Waals surface area contributed by atoms with Gasteiger partial charge < -0.3 is 10.6 Å². The molecule has 0 radical (unpaired) electrons. The van der Waals surface area contributed by atoms with E-state index >= 15 is 0 Å². The lowest BCUT2D eigenvalue weighted by Gasteiger charge is -2.19. The Kier molecular flexibility index (Phi) is 5.31. The number of fused-ring (bicyclic) bond motifs is 1. The maximum Gasteiger partial charge on any atom is 0.275 e. The van der Waals surface area contributed by atoms with Crippen molar-refractivity contribution in [3.8, 4) is 0 Å². The molecule has 0 aliphatic rings. The van der Waals surface area contributed by atoms with Crippen LogP contribution in [0.4, 0.5) is 22.9 Å². The van der Waals surface area contributed by atoms with Crippen LogP contribution >= 0.6 is 0 Å². The van der Waals surface area contributed by atoms with E-state index in [4.69, 9.17) is 0 Å². The molecule has 0 bridgehead atoms. The van der Waals surface area contributed by atoms with Gasteiger partial charge in [0.1, 0.15) is 5.82 Å². The lowest BCUT2D eigenvalue weighted by molar-refractivity contribution is -0.385. The van der Waals surface area contributed by atoms with Crippen molar-refractivity contribution in [2.75, 3.05) is 10.6 Å². The summed E-state index contributed by atoms with van der Waals surface area (Å²) < 4.78 is 0. The maximum absolute atomic E-state index is 13.0. The van der Waals surface area contributed by atoms with Crippen LogP contribution in [0.15, 0.2) is 60.9 Å². The van der Waals surface area contributed by atoms with Crippen LogP contribution in [0.2, 0.25) is 0 Å². The Bertz CT molecular complexity index is 1320. The maximum atomic E-state index is 13.0. The second-order valence-electron chi connectivity index (χ2n) is 8.39. The summed E-state index contributed by atoms with van der Waals surface area (Å²) in [6.07, 6.45) is 3.31. The second kappa shape index (κ2) is 8.10. The standard InChI is InChI=1S/C23H22N6O3/c1-23(2,3)18-9-8-16(12-20(18)29(31)32)27-22(30)17-5-4-10-24-21(17)26-15-7-6-14-13-25-28-19(14)11-15/h4-13H,1-3H3,(H,24,26)(H,25,28)(H,27,30). The van der Waals surface area contributed by atoms with Gasteiger partial charge in [0, 0.05) is 34.6 Å². The van der Waals surface area contributed by atoms with E-state index in [0.717, 1.165) is 16.6 Å². The number of hydrogen-bond donors (Lipinski definition) is 3. The minimum Gasteiger partial charge on any atom is -0.340 e. The number of nitrogens with zero attached hydrogens (tertiary/aromatic N) is 3. The zero-order valence-corrected chi connectivity index (χ0v) is 17.8. The van der Waals surface area contributed by atoms with E-state index < -0.39 is 16.2 Å². The Morgan fingerprint density at radius 1 is 1.09 bits per heavy atom. The third-order valence-electron chi connectivity index (χ3n) is 5.02. The number of carbonyl (C=O) groups excluding carboxylic acids is 1. The zero-order chi connectivity index (χ0) is 22.9. The average Bonchev–Trinajstić information content (AvgIpc) is 3.21. The second-order valence-corrected chi connectivity index (χ2v) is 8.39. The highest BCUT2D eigenvalue weighted by molar-refractivity contribution is 6.08. The molecule has 2 aromatic heterocycles. The molecule has 162 valence electrons. The van der Waals surface area contributed by atoms with Gasteiger partial charge in [-0.1, -0.05) is 20.8 Å². The monoisotopic (exact) mass is 430 g/mol. The van der Waals surface area contributed by atoms with Gasteiger partial charge in [0.25, 0.3) is 11.6 Å². The number of pyridine rings is 1. The lowest BCUT2D eigenvalue weighted by Crippen LogP contribution is -2.17. The van der Waals surface area contributed by atoms with Crippen LogP contribution in [0.3, 0.4) is 0 Å². The van der Waals surface area contributed by atoms with E-state index in [-0.39, 0.29) is 5.69 Å². The van der Waals surface area contributed by atoms with Gasteiger partial charge in [-0.2, -0.15) is 5.10 Å². The van der Waals surface area contributed by atoms with Crippen LogP contribution in [0, 0.1) is 10.1 Å². The number of carbonyl (C=O) groups is 1. The number of anilines is 3. The number of benzene rings is 2. The number of nitro benzene ring substituents is 1. The molecule has 0 saturated heterocycles. The molecule has 32 heavy (non-hydrogen) atoms. The van der Waals surface area contributed by atoms with Crippen LogP contribution in [-0.4, -0.2) is 26.0 Å². The average molecular weight is 430 g/mol. The first-order chi connectivity index (χ1) is 15.2. The molecule has 0 aliphatic carbocycles. The predicted octanol–water partition coefficient (Wildman–Crippen LogP) is 5.16. The van der Waals surface area contributed by atoms with Gasteiger partial charge >= 0.3 is 0 Å². The first kappa shape index (κ1) is 21.0. The molecular formula is C23H22N6O3. The number of nitro groups is 1. The van der Waals surface area contributed by atoms with Gasteiger partial charge in [-0.25, -0.2) is 4.98 Å².